The van der Waals surface area contributed by atoms with Crippen molar-refractivity contribution >= 4 is 39.6 Å². The molecule has 214 valence electrons. The highest BCUT2D eigenvalue weighted by atomic mass is 19.1. The maximum atomic E-state index is 15.8. The van der Waals surface area contributed by atoms with Gasteiger partial charge < -0.3 is 14.7 Å². The molecule has 4 aromatic carbocycles. The van der Waals surface area contributed by atoms with Crippen LogP contribution in [0, 0.1) is 11.8 Å². The van der Waals surface area contributed by atoms with Crippen LogP contribution in [0.1, 0.15) is 48.7 Å². The van der Waals surface area contributed by atoms with E-state index in [2.05, 4.69) is 0 Å². The lowest BCUT2D eigenvalue weighted by molar-refractivity contribution is -0.146. The number of rotatable bonds is 6. The number of hydrogen-bond acceptors (Lipinski definition) is 4. The van der Waals surface area contributed by atoms with E-state index in [0.717, 1.165) is 22.0 Å². The van der Waals surface area contributed by atoms with Gasteiger partial charge in [0.25, 0.3) is 11.8 Å². The summed E-state index contributed by atoms with van der Waals surface area (Å²) in [6.07, 6.45) is -0.443. The van der Waals surface area contributed by atoms with Crippen molar-refractivity contribution in [1.82, 2.24) is 0 Å². The van der Waals surface area contributed by atoms with Gasteiger partial charge in [-0.2, -0.15) is 0 Å². The van der Waals surface area contributed by atoms with Gasteiger partial charge in [0.2, 0.25) is 0 Å². The van der Waals surface area contributed by atoms with E-state index in [0.29, 0.717) is 29.0 Å². The molecular weight excluding hydrogens is 531 g/mol. The van der Waals surface area contributed by atoms with Gasteiger partial charge in [-0.15, -0.1) is 0 Å². The zero-order valence-electron chi connectivity index (χ0n) is 23.9. The molecule has 3 aliphatic rings. The molecule has 0 saturated carbocycles. The highest BCUT2D eigenvalue weighted by molar-refractivity contribution is 6.28. The summed E-state index contributed by atoms with van der Waals surface area (Å²) >= 11 is 0. The Bertz CT molecular complexity index is 1730. The third-order valence-electron chi connectivity index (χ3n) is 9.36. The number of hydrogen-bond donors (Lipinski definition) is 1. The molecule has 6 nitrogen and oxygen atoms in total. The highest BCUT2D eigenvalue weighted by Crippen LogP contribution is 2.59. The van der Waals surface area contributed by atoms with Crippen molar-refractivity contribution in [3.8, 4) is 0 Å². The minimum atomic E-state index is -1.66. The van der Waals surface area contributed by atoms with Crippen molar-refractivity contribution < 1.29 is 23.8 Å². The minimum absolute atomic E-state index is 0.137. The number of ether oxygens (including phenoxy) is 1. The van der Waals surface area contributed by atoms with Gasteiger partial charge in [-0.05, 0) is 61.5 Å². The molecule has 7 heteroatoms. The Morgan fingerprint density at radius 2 is 1.69 bits per heavy atom. The SMILES string of the molecule is C[C@H]1[C@H](C(C)(C)F)[C@@H](CCO)O[C@]12C(=O)N(Cc1ccccc1)c1ccc(N3C(=O)c4cccc5cccc3c45)cc12. The predicted molar refractivity (Wildman–Crippen MR) is 161 cm³/mol. The number of aliphatic hydroxyl groups is 1. The first-order chi connectivity index (χ1) is 20.2. The molecule has 0 aliphatic carbocycles. The second kappa shape index (κ2) is 9.48. The van der Waals surface area contributed by atoms with Gasteiger partial charge in [0.05, 0.1) is 29.6 Å². The third-order valence-corrected chi connectivity index (χ3v) is 9.36. The Hall–Kier alpha value is -4.07. The van der Waals surface area contributed by atoms with Crippen molar-refractivity contribution in [1.29, 1.82) is 0 Å². The van der Waals surface area contributed by atoms with Crippen LogP contribution in [0.4, 0.5) is 21.5 Å². The van der Waals surface area contributed by atoms with Crippen molar-refractivity contribution in [2.75, 3.05) is 16.4 Å². The Kier molecular flexibility index (Phi) is 6.05. The number of alkyl halides is 1. The maximum Gasteiger partial charge on any atom is 0.264 e. The molecule has 0 aromatic heterocycles. The normalized spacial score (nSPS) is 24.8. The number of carbonyl (C=O) groups excluding carboxylic acids is 2. The lowest BCUT2D eigenvalue weighted by Crippen LogP contribution is -2.45. The summed E-state index contributed by atoms with van der Waals surface area (Å²) in [5, 5.41) is 11.7. The largest absolute Gasteiger partial charge is 0.396 e. The molecule has 2 amide bonds. The molecule has 4 aromatic rings. The van der Waals surface area contributed by atoms with Crippen LogP contribution in [0.2, 0.25) is 0 Å². The summed E-state index contributed by atoms with van der Waals surface area (Å²) in [5.41, 5.74) is 1.18. The van der Waals surface area contributed by atoms with E-state index in [1.54, 1.807) is 9.80 Å². The van der Waals surface area contributed by atoms with Crippen molar-refractivity contribution in [3.63, 3.8) is 0 Å². The van der Waals surface area contributed by atoms with Crippen LogP contribution in [-0.2, 0) is 21.7 Å². The fraction of sp³-hybridized carbons (Fsp3) is 0.314. The van der Waals surface area contributed by atoms with E-state index in [9.17, 15) is 14.7 Å². The summed E-state index contributed by atoms with van der Waals surface area (Å²) in [5.74, 6) is -1.55. The average Bonchev–Trinajstić information content (AvgIpc) is 3.52. The van der Waals surface area contributed by atoms with Gasteiger partial charge in [-0.1, -0.05) is 61.5 Å². The first-order valence-electron chi connectivity index (χ1n) is 14.5. The number of aliphatic hydroxyl groups excluding tert-OH is 1. The lowest BCUT2D eigenvalue weighted by Gasteiger charge is -2.32. The second-order valence-electron chi connectivity index (χ2n) is 12.2. The predicted octanol–water partition coefficient (Wildman–Crippen LogP) is 6.66. The van der Waals surface area contributed by atoms with Gasteiger partial charge >= 0.3 is 0 Å². The Morgan fingerprint density at radius 1 is 0.952 bits per heavy atom. The van der Waals surface area contributed by atoms with E-state index in [1.165, 1.54) is 13.8 Å². The Morgan fingerprint density at radius 3 is 2.40 bits per heavy atom. The standard InChI is InChI=1S/C35H33FN2O4/c1-21-31(34(2,3)36)29(17-18-39)42-35(21)26-19-24(15-16-27(26)37(33(35)41)20-22-9-5-4-6-10-22)38-28-14-8-12-23-11-7-13-25(30(23)28)32(38)40/h4-16,19,21,29,31,39H,17-18,20H2,1-3H3/t21-,29+,31-,35+/m0/s1. The maximum absolute atomic E-state index is 15.8. The van der Waals surface area contributed by atoms with Gasteiger partial charge in [0.15, 0.2) is 5.60 Å². The van der Waals surface area contributed by atoms with Gasteiger partial charge in [0.1, 0.15) is 5.67 Å². The topological polar surface area (TPSA) is 70.1 Å². The van der Waals surface area contributed by atoms with E-state index in [1.807, 2.05) is 91.9 Å². The number of nitrogens with zero attached hydrogens (tertiary/aromatic N) is 2. The van der Waals surface area contributed by atoms with Crippen molar-refractivity contribution in [2.45, 2.75) is 51.1 Å². The van der Waals surface area contributed by atoms with Crippen LogP contribution in [0.5, 0.6) is 0 Å². The summed E-state index contributed by atoms with van der Waals surface area (Å²) < 4.78 is 22.5. The summed E-state index contributed by atoms with van der Waals surface area (Å²) in [6, 6.07) is 26.9. The van der Waals surface area contributed by atoms with E-state index in [4.69, 9.17) is 4.74 Å². The minimum Gasteiger partial charge on any atom is -0.396 e. The first kappa shape index (κ1) is 26.8. The quantitative estimate of drug-likeness (QED) is 0.285. The molecule has 3 aliphatic heterocycles. The Labute approximate surface area is 244 Å². The fourth-order valence-electron chi connectivity index (χ4n) is 7.67. The van der Waals surface area contributed by atoms with E-state index >= 15 is 4.39 Å². The number of amides is 2. The molecule has 0 unspecified atom stereocenters. The van der Waals surface area contributed by atoms with Crippen molar-refractivity contribution in [3.05, 3.63) is 102 Å². The van der Waals surface area contributed by atoms with Crippen LogP contribution < -0.4 is 9.80 Å². The van der Waals surface area contributed by atoms with Crippen LogP contribution in [0.15, 0.2) is 84.9 Å². The number of halogens is 1. The fourth-order valence-corrected chi connectivity index (χ4v) is 7.67. The van der Waals surface area contributed by atoms with Crippen LogP contribution >= 0.6 is 0 Å². The van der Waals surface area contributed by atoms with E-state index < -0.39 is 29.2 Å². The lowest BCUT2D eigenvalue weighted by atomic mass is 9.71. The van der Waals surface area contributed by atoms with Crippen molar-refractivity contribution in [2.24, 2.45) is 11.8 Å². The highest BCUT2D eigenvalue weighted by Gasteiger charge is 2.66. The summed E-state index contributed by atoms with van der Waals surface area (Å²) in [4.78, 5) is 31.8. The molecular formula is C35H33FN2O4. The average molecular weight is 565 g/mol. The monoisotopic (exact) mass is 564 g/mol. The number of fused-ring (bicyclic) bond motifs is 2. The smallest absolute Gasteiger partial charge is 0.264 e. The molecule has 1 spiro atoms. The first-order valence-corrected chi connectivity index (χ1v) is 14.5. The molecule has 4 atom stereocenters. The van der Waals surface area contributed by atoms with Gasteiger partial charge in [0, 0.05) is 35.1 Å². The number of anilines is 3. The third kappa shape index (κ3) is 3.69. The molecule has 42 heavy (non-hydrogen) atoms. The molecule has 0 bridgehead atoms. The van der Waals surface area contributed by atoms with Gasteiger partial charge in [-0.25, -0.2) is 4.39 Å². The molecule has 1 fully saturated rings. The molecule has 3 heterocycles. The van der Waals surface area contributed by atoms with Gasteiger partial charge in [-0.3, -0.25) is 14.5 Å². The van der Waals surface area contributed by atoms with Crippen LogP contribution in [0.3, 0.4) is 0 Å². The molecule has 7 rings (SSSR count). The molecule has 1 saturated heterocycles. The second-order valence-corrected chi connectivity index (χ2v) is 12.2. The number of carbonyl (C=O) groups is 2. The Balaban J connectivity index is 1.40. The van der Waals surface area contributed by atoms with Crippen LogP contribution in [0.25, 0.3) is 10.8 Å². The zero-order chi connectivity index (χ0) is 29.4. The summed E-state index contributed by atoms with van der Waals surface area (Å²) in [6.45, 7) is 5.05. The zero-order valence-corrected chi connectivity index (χ0v) is 23.9. The number of benzene rings is 4. The molecule has 0 radical (unpaired) electrons. The summed E-state index contributed by atoms with van der Waals surface area (Å²) in [7, 11) is 0. The molecule has 1 N–H and O–H groups in total. The van der Waals surface area contributed by atoms with Crippen LogP contribution in [-0.4, -0.2) is 35.3 Å². The van der Waals surface area contributed by atoms with E-state index in [-0.39, 0.29) is 24.8 Å².